The van der Waals surface area contributed by atoms with Crippen molar-refractivity contribution < 1.29 is 31.9 Å². The van der Waals surface area contributed by atoms with Gasteiger partial charge in [-0.05, 0) is 93.9 Å². The number of rotatable bonds is 11. The fraction of sp³-hybridized carbons (Fsp3) is 0.333. The average Bonchev–Trinajstić information content (AvgIpc) is 2.94. The number of carbonyl (C=O) groups is 2. The van der Waals surface area contributed by atoms with E-state index in [-0.39, 0.29) is 17.1 Å². The van der Waals surface area contributed by atoms with Crippen LogP contribution in [0.4, 0.5) is 10.1 Å². The molecule has 11 heteroatoms. The normalized spacial score (nSPS) is 12.3. The third-order valence-corrected chi connectivity index (χ3v) is 8.01. The van der Waals surface area contributed by atoms with Gasteiger partial charge in [0.25, 0.3) is 10.0 Å². The number of ether oxygens (including phenoxy) is 2. The van der Waals surface area contributed by atoms with Crippen molar-refractivity contribution in [3.63, 3.8) is 0 Å². The number of anilines is 1. The highest BCUT2D eigenvalue weighted by molar-refractivity contribution is 7.92. The summed E-state index contributed by atoms with van der Waals surface area (Å²) in [6.07, 6.45) is 0. The van der Waals surface area contributed by atoms with Crippen LogP contribution in [0.1, 0.15) is 33.3 Å². The van der Waals surface area contributed by atoms with E-state index in [9.17, 15) is 22.4 Å². The molecule has 1 N–H and O–H groups in total. The summed E-state index contributed by atoms with van der Waals surface area (Å²) in [5, 5.41) is 2.88. The first-order valence-electron chi connectivity index (χ1n) is 12.9. The van der Waals surface area contributed by atoms with E-state index in [2.05, 4.69) is 5.32 Å². The number of halogens is 1. The van der Waals surface area contributed by atoms with Crippen molar-refractivity contribution in [2.75, 3.05) is 25.1 Å². The van der Waals surface area contributed by atoms with E-state index >= 15 is 0 Å². The Morgan fingerprint density at radius 3 is 1.88 bits per heavy atom. The molecule has 0 aliphatic heterocycles. The molecule has 0 saturated carbocycles. The van der Waals surface area contributed by atoms with E-state index in [1.807, 2.05) is 20.8 Å². The van der Waals surface area contributed by atoms with Gasteiger partial charge < -0.3 is 19.7 Å². The van der Waals surface area contributed by atoms with Gasteiger partial charge in [-0.15, -0.1) is 0 Å². The summed E-state index contributed by atoms with van der Waals surface area (Å²) >= 11 is 0. The number of carbonyl (C=O) groups excluding carboxylic acids is 2. The summed E-state index contributed by atoms with van der Waals surface area (Å²) in [6, 6.07) is 16.6. The molecule has 2 amide bonds. The second kappa shape index (κ2) is 13.0. The standard InChI is InChI=1S/C30H36FN3O6S/c1-21(29(36)32-30(2,3)4)33(19-22-7-13-25(39-5)14-8-22)28(35)20-34(24-11-9-23(31)10-12-24)41(37,38)27-17-15-26(40-6)16-18-27/h7-18,21H,19-20H2,1-6H3,(H,32,36)/t21-/m0/s1. The lowest BCUT2D eigenvalue weighted by Crippen LogP contribution is -2.54. The molecular weight excluding hydrogens is 549 g/mol. The van der Waals surface area contributed by atoms with Gasteiger partial charge in [0.2, 0.25) is 11.8 Å². The minimum atomic E-state index is -4.29. The van der Waals surface area contributed by atoms with Gasteiger partial charge in [-0.3, -0.25) is 13.9 Å². The van der Waals surface area contributed by atoms with E-state index in [1.54, 1.807) is 31.2 Å². The van der Waals surface area contributed by atoms with Crippen LogP contribution in [0.15, 0.2) is 77.7 Å². The summed E-state index contributed by atoms with van der Waals surface area (Å²) in [7, 11) is -1.29. The minimum Gasteiger partial charge on any atom is -0.497 e. The zero-order valence-corrected chi connectivity index (χ0v) is 24.9. The van der Waals surface area contributed by atoms with Crippen molar-refractivity contribution >= 4 is 27.5 Å². The van der Waals surface area contributed by atoms with Gasteiger partial charge in [-0.25, -0.2) is 12.8 Å². The van der Waals surface area contributed by atoms with Gasteiger partial charge in [-0.1, -0.05) is 12.1 Å². The third kappa shape index (κ3) is 8.20. The summed E-state index contributed by atoms with van der Waals surface area (Å²) in [6.45, 7) is 6.45. The Kier molecular flexibility index (Phi) is 9.98. The van der Waals surface area contributed by atoms with Crippen molar-refractivity contribution in [2.24, 2.45) is 0 Å². The smallest absolute Gasteiger partial charge is 0.264 e. The summed E-state index contributed by atoms with van der Waals surface area (Å²) in [5.74, 6) is -0.504. The third-order valence-electron chi connectivity index (χ3n) is 6.22. The lowest BCUT2D eigenvalue weighted by atomic mass is 10.1. The van der Waals surface area contributed by atoms with E-state index in [0.29, 0.717) is 17.1 Å². The van der Waals surface area contributed by atoms with Gasteiger partial charge in [0, 0.05) is 12.1 Å². The molecule has 3 aromatic carbocycles. The predicted molar refractivity (Wildman–Crippen MR) is 155 cm³/mol. The first kappa shape index (κ1) is 31.4. The van der Waals surface area contributed by atoms with Gasteiger partial charge in [0.15, 0.2) is 0 Å². The number of amides is 2. The molecular formula is C30H36FN3O6S. The summed E-state index contributed by atoms with van der Waals surface area (Å²) < 4.78 is 52.7. The Morgan fingerprint density at radius 1 is 0.878 bits per heavy atom. The number of benzene rings is 3. The minimum absolute atomic E-state index is 0.0292. The number of hydrogen-bond acceptors (Lipinski definition) is 6. The topological polar surface area (TPSA) is 105 Å². The Bertz CT molecular complexity index is 1440. The van der Waals surface area contributed by atoms with Crippen LogP contribution in [0.25, 0.3) is 0 Å². The maximum absolute atomic E-state index is 13.9. The van der Waals surface area contributed by atoms with Gasteiger partial charge in [-0.2, -0.15) is 0 Å². The quantitative estimate of drug-likeness (QED) is 0.358. The zero-order chi connectivity index (χ0) is 30.4. The van der Waals surface area contributed by atoms with Gasteiger partial charge >= 0.3 is 0 Å². The first-order chi connectivity index (χ1) is 19.2. The Balaban J connectivity index is 2.02. The van der Waals surface area contributed by atoms with E-state index < -0.39 is 45.8 Å². The molecule has 3 rings (SSSR count). The molecule has 220 valence electrons. The zero-order valence-electron chi connectivity index (χ0n) is 24.0. The SMILES string of the molecule is COc1ccc(CN(C(=O)CN(c2ccc(F)cc2)S(=O)(=O)c2ccc(OC)cc2)[C@@H](C)C(=O)NC(C)(C)C)cc1. The molecule has 9 nitrogen and oxygen atoms in total. The fourth-order valence-corrected chi connectivity index (χ4v) is 5.41. The van der Waals surface area contributed by atoms with E-state index in [1.165, 1.54) is 55.5 Å². The van der Waals surface area contributed by atoms with Crippen LogP contribution in [0.5, 0.6) is 11.5 Å². The highest BCUT2D eigenvalue weighted by atomic mass is 32.2. The van der Waals surface area contributed by atoms with Crippen molar-refractivity contribution in [1.82, 2.24) is 10.2 Å². The van der Waals surface area contributed by atoms with Crippen molar-refractivity contribution in [2.45, 2.75) is 50.7 Å². The van der Waals surface area contributed by atoms with Crippen molar-refractivity contribution in [1.29, 1.82) is 0 Å². The van der Waals surface area contributed by atoms with E-state index in [4.69, 9.17) is 9.47 Å². The second-order valence-electron chi connectivity index (χ2n) is 10.4. The summed E-state index contributed by atoms with van der Waals surface area (Å²) in [4.78, 5) is 28.3. The summed E-state index contributed by atoms with van der Waals surface area (Å²) in [5.41, 5.74) is 0.241. The fourth-order valence-electron chi connectivity index (χ4n) is 4.00. The molecule has 0 saturated heterocycles. The van der Waals surface area contributed by atoms with Gasteiger partial charge in [0.1, 0.15) is 29.9 Å². The highest BCUT2D eigenvalue weighted by Crippen LogP contribution is 2.26. The van der Waals surface area contributed by atoms with Crippen LogP contribution < -0.4 is 19.1 Å². The molecule has 0 bridgehead atoms. The van der Waals surface area contributed by atoms with Crippen LogP contribution in [0, 0.1) is 5.82 Å². The molecule has 1 atom stereocenters. The Labute approximate surface area is 240 Å². The molecule has 0 unspecified atom stereocenters. The van der Waals surface area contributed by atoms with Crippen molar-refractivity contribution in [3.05, 3.63) is 84.2 Å². The molecule has 0 spiro atoms. The molecule has 0 aliphatic carbocycles. The molecule has 41 heavy (non-hydrogen) atoms. The molecule has 0 fully saturated rings. The highest BCUT2D eigenvalue weighted by Gasteiger charge is 2.33. The average molecular weight is 586 g/mol. The number of hydrogen-bond donors (Lipinski definition) is 1. The second-order valence-corrected chi connectivity index (χ2v) is 12.3. The Morgan fingerprint density at radius 2 is 1.39 bits per heavy atom. The van der Waals surface area contributed by atoms with Crippen LogP contribution in [0.2, 0.25) is 0 Å². The maximum atomic E-state index is 13.9. The maximum Gasteiger partial charge on any atom is 0.264 e. The van der Waals surface area contributed by atoms with Crippen LogP contribution >= 0.6 is 0 Å². The van der Waals surface area contributed by atoms with E-state index in [0.717, 1.165) is 16.4 Å². The number of nitrogens with one attached hydrogen (secondary N) is 1. The van der Waals surface area contributed by atoms with Crippen LogP contribution in [0.3, 0.4) is 0 Å². The van der Waals surface area contributed by atoms with Crippen LogP contribution in [-0.4, -0.2) is 57.5 Å². The lowest BCUT2D eigenvalue weighted by Gasteiger charge is -2.33. The number of nitrogens with zero attached hydrogens (tertiary/aromatic N) is 2. The molecule has 0 heterocycles. The predicted octanol–water partition coefficient (Wildman–Crippen LogP) is 4.37. The van der Waals surface area contributed by atoms with Crippen molar-refractivity contribution in [3.8, 4) is 11.5 Å². The molecule has 3 aromatic rings. The molecule has 0 radical (unpaired) electrons. The van der Waals surface area contributed by atoms with Gasteiger partial charge in [0.05, 0.1) is 24.8 Å². The monoisotopic (exact) mass is 585 g/mol. The largest absolute Gasteiger partial charge is 0.497 e. The Hall–Kier alpha value is -4.12. The lowest BCUT2D eigenvalue weighted by molar-refractivity contribution is -0.140. The van der Waals surface area contributed by atoms with Crippen LogP contribution in [-0.2, 0) is 26.2 Å². The first-order valence-corrected chi connectivity index (χ1v) is 14.4. The number of methoxy groups -OCH3 is 2. The molecule has 0 aromatic heterocycles. The number of sulfonamides is 1. The molecule has 0 aliphatic rings.